The largest absolute Gasteiger partial charge is 0.393 e. The molecule has 0 bridgehead atoms. The van der Waals surface area contributed by atoms with Crippen LogP contribution in [0.4, 0.5) is 0 Å². The molecule has 0 rings (SSSR count). The lowest BCUT2D eigenvalue weighted by molar-refractivity contribution is -0.123. The zero-order valence-corrected chi connectivity index (χ0v) is 8.57. The minimum absolute atomic E-state index is 0.0862. The van der Waals surface area contributed by atoms with Crippen LogP contribution in [0.5, 0.6) is 0 Å². The van der Waals surface area contributed by atoms with Crippen molar-refractivity contribution < 1.29 is 4.79 Å². The lowest BCUT2D eigenvalue weighted by atomic mass is 10.1. The average molecular weight is 188 g/mol. The summed E-state index contributed by atoms with van der Waals surface area (Å²) in [6, 6.07) is 0.189. The maximum absolute atomic E-state index is 11.3. The van der Waals surface area contributed by atoms with E-state index in [0.717, 1.165) is 6.42 Å². The van der Waals surface area contributed by atoms with Gasteiger partial charge in [-0.05, 0) is 20.3 Å². The Morgan fingerprint density at radius 2 is 2.08 bits per heavy atom. The molecule has 0 heterocycles. The first kappa shape index (κ1) is 11.4. The first-order chi connectivity index (χ1) is 5.49. The topological polar surface area (TPSA) is 55.1 Å². The second-order valence-corrected chi connectivity index (χ2v) is 3.41. The lowest BCUT2D eigenvalue weighted by Gasteiger charge is -2.14. The van der Waals surface area contributed by atoms with Gasteiger partial charge >= 0.3 is 0 Å². The van der Waals surface area contributed by atoms with E-state index in [4.69, 9.17) is 18.0 Å². The summed E-state index contributed by atoms with van der Waals surface area (Å²) in [6.45, 7) is 5.67. The van der Waals surface area contributed by atoms with E-state index in [1.54, 1.807) is 6.92 Å². The molecule has 70 valence electrons. The standard InChI is InChI=1S/C8H16N2OS/c1-4-5(2)10-8(11)6(3)7(9)12/h5-6H,4H2,1-3H3,(H2,9,12)(H,10,11). The van der Waals surface area contributed by atoms with Crippen molar-refractivity contribution in [3.63, 3.8) is 0 Å². The van der Waals surface area contributed by atoms with E-state index in [9.17, 15) is 4.79 Å². The van der Waals surface area contributed by atoms with E-state index in [0.29, 0.717) is 0 Å². The number of thiocarbonyl (C=S) groups is 1. The van der Waals surface area contributed by atoms with Gasteiger partial charge in [-0.3, -0.25) is 4.79 Å². The van der Waals surface area contributed by atoms with Crippen molar-refractivity contribution in [1.29, 1.82) is 0 Å². The molecule has 0 saturated carbocycles. The summed E-state index contributed by atoms with van der Waals surface area (Å²) in [5.41, 5.74) is 5.32. The summed E-state index contributed by atoms with van der Waals surface area (Å²) in [5.74, 6) is -0.453. The molecule has 0 aliphatic heterocycles. The van der Waals surface area contributed by atoms with Crippen LogP contribution < -0.4 is 11.1 Å². The Morgan fingerprint density at radius 1 is 1.58 bits per heavy atom. The molecule has 2 atom stereocenters. The molecule has 1 amide bonds. The lowest BCUT2D eigenvalue weighted by Crippen LogP contribution is -2.40. The van der Waals surface area contributed by atoms with Gasteiger partial charge in [0.2, 0.25) is 5.91 Å². The van der Waals surface area contributed by atoms with Gasteiger partial charge in [-0.15, -0.1) is 0 Å². The molecule has 0 fully saturated rings. The summed E-state index contributed by atoms with van der Waals surface area (Å²) >= 11 is 4.70. The predicted molar refractivity (Wildman–Crippen MR) is 53.8 cm³/mol. The van der Waals surface area contributed by atoms with Gasteiger partial charge in [0.05, 0.1) is 10.9 Å². The molecule has 0 aromatic heterocycles. The van der Waals surface area contributed by atoms with Crippen LogP contribution in [-0.4, -0.2) is 16.9 Å². The number of carbonyl (C=O) groups is 1. The van der Waals surface area contributed by atoms with Gasteiger partial charge in [0, 0.05) is 6.04 Å². The summed E-state index contributed by atoms with van der Waals surface area (Å²) in [7, 11) is 0. The Morgan fingerprint density at radius 3 is 2.42 bits per heavy atom. The molecule has 0 radical (unpaired) electrons. The normalized spacial score (nSPS) is 14.9. The van der Waals surface area contributed by atoms with E-state index in [2.05, 4.69) is 5.32 Å². The van der Waals surface area contributed by atoms with Crippen molar-refractivity contribution in [3.8, 4) is 0 Å². The highest BCUT2D eigenvalue weighted by atomic mass is 32.1. The number of hydrogen-bond donors (Lipinski definition) is 2. The van der Waals surface area contributed by atoms with Crippen LogP contribution in [0.2, 0.25) is 0 Å². The monoisotopic (exact) mass is 188 g/mol. The number of rotatable bonds is 4. The fraction of sp³-hybridized carbons (Fsp3) is 0.750. The molecule has 2 unspecified atom stereocenters. The van der Waals surface area contributed by atoms with Gasteiger partial charge in [0.1, 0.15) is 0 Å². The van der Waals surface area contributed by atoms with Crippen LogP contribution >= 0.6 is 12.2 Å². The average Bonchev–Trinajstić information content (AvgIpc) is 2.02. The van der Waals surface area contributed by atoms with Crippen LogP contribution in [0.1, 0.15) is 27.2 Å². The highest BCUT2D eigenvalue weighted by molar-refractivity contribution is 7.80. The van der Waals surface area contributed by atoms with Gasteiger partial charge in [0.15, 0.2) is 0 Å². The third-order valence-electron chi connectivity index (χ3n) is 1.82. The summed E-state index contributed by atoms with van der Waals surface area (Å²) < 4.78 is 0. The van der Waals surface area contributed by atoms with Gasteiger partial charge in [-0.1, -0.05) is 19.1 Å². The SMILES string of the molecule is CCC(C)NC(=O)C(C)C(N)=S. The minimum atomic E-state index is -0.367. The summed E-state index contributed by atoms with van der Waals surface area (Å²) in [5, 5.41) is 2.80. The van der Waals surface area contributed by atoms with Gasteiger partial charge in [0.25, 0.3) is 0 Å². The third-order valence-corrected chi connectivity index (χ3v) is 2.17. The van der Waals surface area contributed by atoms with Crippen LogP contribution in [0.3, 0.4) is 0 Å². The fourth-order valence-corrected chi connectivity index (χ4v) is 0.706. The van der Waals surface area contributed by atoms with Gasteiger partial charge in [-0.25, -0.2) is 0 Å². The van der Waals surface area contributed by atoms with Crippen molar-refractivity contribution in [2.45, 2.75) is 33.2 Å². The molecule has 0 saturated heterocycles. The Labute approximate surface area is 78.7 Å². The predicted octanol–water partition coefficient (Wildman–Crippen LogP) is 0.823. The van der Waals surface area contributed by atoms with Crippen LogP contribution in [0.15, 0.2) is 0 Å². The van der Waals surface area contributed by atoms with Crippen molar-refractivity contribution >= 4 is 23.1 Å². The zero-order valence-electron chi connectivity index (χ0n) is 7.76. The van der Waals surface area contributed by atoms with Crippen LogP contribution in [-0.2, 0) is 4.79 Å². The molecule has 3 nitrogen and oxygen atoms in total. The van der Waals surface area contributed by atoms with E-state index >= 15 is 0 Å². The highest BCUT2D eigenvalue weighted by Gasteiger charge is 2.16. The molecule has 0 spiro atoms. The molecule has 4 heteroatoms. The van der Waals surface area contributed by atoms with E-state index in [1.165, 1.54) is 0 Å². The minimum Gasteiger partial charge on any atom is -0.393 e. The zero-order chi connectivity index (χ0) is 9.72. The van der Waals surface area contributed by atoms with Crippen molar-refractivity contribution in [2.75, 3.05) is 0 Å². The second-order valence-electron chi connectivity index (χ2n) is 2.94. The quantitative estimate of drug-likeness (QED) is 0.642. The summed E-state index contributed by atoms with van der Waals surface area (Å²) in [4.78, 5) is 11.5. The maximum Gasteiger partial charge on any atom is 0.229 e. The molecule has 12 heavy (non-hydrogen) atoms. The number of carbonyl (C=O) groups excluding carboxylic acids is 1. The molecular formula is C8H16N2OS. The third kappa shape index (κ3) is 3.67. The molecule has 0 aliphatic carbocycles. The Hall–Kier alpha value is -0.640. The number of hydrogen-bond acceptors (Lipinski definition) is 2. The molecule has 0 aromatic carbocycles. The second kappa shape index (κ2) is 5.09. The first-order valence-electron chi connectivity index (χ1n) is 4.08. The first-order valence-corrected chi connectivity index (χ1v) is 4.49. The molecular weight excluding hydrogens is 172 g/mol. The Kier molecular flexibility index (Phi) is 4.81. The number of amides is 1. The fourth-order valence-electron chi connectivity index (χ4n) is 0.599. The van der Waals surface area contributed by atoms with Gasteiger partial charge < -0.3 is 11.1 Å². The Bertz CT molecular complexity index is 182. The molecule has 0 aromatic rings. The highest BCUT2D eigenvalue weighted by Crippen LogP contribution is 1.97. The van der Waals surface area contributed by atoms with Crippen LogP contribution in [0.25, 0.3) is 0 Å². The van der Waals surface area contributed by atoms with Gasteiger partial charge in [-0.2, -0.15) is 0 Å². The molecule has 3 N–H and O–H groups in total. The maximum atomic E-state index is 11.3. The summed E-state index contributed by atoms with van der Waals surface area (Å²) in [6.07, 6.45) is 0.912. The van der Waals surface area contributed by atoms with Crippen molar-refractivity contribution in [3.05, 3.63) is 0 Å². The Balaban J connectivity index is 3.95. The van der Waals surface area contributed by atoms with Crippen LogP contribution in [0, 0.1) is 5.92 Å². The van der Waals surface area contributed by atoms with Crippen molar-refractivity contribution in [1.82, 2.24) is 5.32 Å². The van der Waals surface area contributed by atoms with E-state index in [-0.39, 0.29) is 22.9 Å². The number of nitrogens with two attached hydrogens (primary N) is 1. The molecule has 0 aliphatic rings. The van der Waals surface area contributed by atoms with Crippen molar-refractivity contribution in [2.24, 2.45) is 11.7 Å². The van der Waals surface area contributed by atoms with E-state index in [1.807, 2.05) is 13.8 Å². The number of nitrogens with one attached hydrogen (secondary N) is 1. The smallest absolute Gasteiger partial charge is 0.229 e. The van der Waals surface area contributed by atoms with E-state index < -0.39 is 0 Å².